The minimum Gasteiger partial charge on any atom is -0.492 e. The van der Waals surface area contributed by atoms with Gasteiger partial charge in [-0.25, -0.2) is 9.37 Å². The number of aromatic amines is 2. The maximum Gasteiger partial charge on any atom is 0.224 e. The molecule has 6 aromatic rings. The molecule has 5 aromatic heterocycles. The van der Waals surface area contributed by atoms with E-state index in [1.54, 1.807) is 37.8 Å². The third-order valence-electron chi connectivity index (χ3n) is 6.66. The zero-order valence-electron chi connectivity index (χ0n) is 23.3. The van der Waals surface area contributed by atoms with Crippen LogP contribution in [0.5, 0.6) is 5.75 Å². The van der Waals surface area contributed by atoms with Gasteiger partial charge in [-0.05, 0) is 44.4 Å². The lowest BCUT2D eigenvalue weighted by atomic mass is 10.1. The molecule has 1 aromatic carbocycles. The summed E-state index contributed by atoms with van der Waals surface area (Å²) in [5.41, 5.74) is 5.68. The lowest BCUT2D eigenvalue weighted by molar-refractivity contribution is -0.115. The Balaban J connectivity index is 1.36. The SMILES string of the molecule is CCC(=O)Nc1cncc(-c2cc3c(-c4nc5c(-c6cc(F)cc(OCCN(C)C)c6)nccc5[nH]4)n[nH]c3cn2)c1. The topological polar surface area (TPSA) is 138 Å². The first-order valence-corrected chi connectivity index (χ1v) is 13.4. The molecule has 5 heterocycles. The number of halogens is 1. The summed E-state index contributed by atoms with van der Waals surface area (Å²) in [5, 5.41) is 11.1. The number of hydrogen-bond donors (Lipinski definition) is 3. The molecule has 0 saturated heterocycles. The summed E-state index contributed by atoms with van der Waals surface area (Å²) in [6.45, 7) is 2.92. The van der Waals surface area contributed by atoms with Crippen molar-refractivity contribution in [2.24, 2.45) is 0 Å². The summed E-state index contributed by atoms with van der Waals surface area (Å²) in [7, 11) is 3.90. The molecule has 6 rings (SSSR count). The van der Waals surface area contributed by atoms with Crippen LogP contribution in [0.4, 0.5) is 10.1 Å². The number of hydrogen-bond acceptors (Lipinski definition) is 8. The van der Waals surface area contributed by atoms with Crippen molar-refractivity contribution in [3.05, 3.63) is 67.0 Å². The van der Waals surface area contributed by atoms with E-state index in [2.05, 4.69) is 35.5 Å². The fraction of sp³-hybridized carbons (Fsp3) is 0.200. The fourth-order valence-corrected chi connectivity index (χ4v) is 4.54. The van der Waals surface area contributed by atoms with Crippen LogP contribution in [-0.2, 0) is 4.79 Å². The summed E-state index contributed by atoms with van der Waals surface area (Å²) >= 11 is 0. The molecule has 11 nitrogen and oxygen atoms in total. The Morgan fingerprint density at radius 2 is 1.90 bits per heavy atom. The Kier molecular flexibility index (Phi) is 7.28. The highest BCUT2D eigenvalue weighted by Crippen LogP contribution is 2.33. The fourth-order valence-electron chi connectivity index (χ4n) is 4.54. The number of ether oxygens (including phenoxy) is 1. The molecule has 0 aliphatic rings. The Bertz CT molecular complexity index is 1910. The van der Waals surface area contributed by atoms with Crippen molar-refractivity contribution in [3.63, 3.8) is 0 Å². The van der Waals surface area contributed by atoms with Gasteiger partial charge in [-0.15, -0.1) is 0 Å². The van der Waals surface area contributed by atoms with Gasteiger partial charge in [0.25, 0.3) is 0 Å². The van der Waals surface area contributed by atoms with Gasteiger partial charge in [0.05, 0.1) is 40.5 Å². The Morgan fingerprint density at radius 1 is 1.02 bits per heavy atom. The minimum atomic E-state index is -0.423. The Hall–Kier alpha value is -5.23. The van der Waals surface area contributed by atoms with E-state index < -0.39 is 5.82 Å². The number of rotatable bonds is 9. The number of aromatic nitrogens is 7. The van der Waals surface area contributed by atoms with Crippen LogP contribution in [-0.4, -0.2) is 73.2 Å². The molecule has 42 heavy (non-hydrogen) atoms. The summed E-state index contributed by atoms with van der Waals surface area (Å²) in [6.07, 6.45) is 6.99. The quantitative estimate of drug-likeness (QED) is 0.221. The molecular formula is C30H28FN9O2. The number of amides is 1. The number of imidazole rings is 1. The van der Waals surface area contributed by atoms with Gasteiger partial charge in [0.15, 0.2) is 5.82 Å². The molecule has 0 aliphatic heterocycles. The third kappa shape index (κ3) is 5.52. The number of benzene rings is 1. The molecule has 12 heteroatoms. The van der Waals surface area contributed by atoms with E-state index in [1.165, 1.54) is 12.1 Å². The van der Waals surface area contributed by atoms with Gasteiger partial charge in [-0.3, -0.25) is 24.8 Å². The maximum absolute atomic E-state index is 14.6. The summed E-state index contributed by atoms with van der Waals surface area (Å²) in [4.78, 5) is 35.3. The molecule has 0 atom stereocenters. The van der Waals surface area contributed by atoms with Crippen LogP contribution in [0.15, 0.2) is 61.2 Å². The molecule has 0 radical (unpaired) electrons. The van der Waals surface area contributed by atoms with Gasteiger partial charge in [-0.1, -0.05) is 6.92 Å². The molecule has 0 saturated carbocycles. The van der Waals surface area contributed by atoms with Gasteiger partial charge in [0.1, 0.15) is 29.4 Å². The molecular weight excluding hydrogens is 537 g/mol. The number of anilines is 1. The zero-order valence-corrected chi connectivity index (χ0v) is 23.3. The smallest absolute Gasteiger partial charge is 0.224 e. The van der Waals surface area contributed by atoms with E-state index >= 15 is 0 Å². The lowest BCUT2D eigenvalue weighted by Gasteiger charge is -2.12. The van der Waals surface area contributed by atoms with Crippen molar-refractivity contribution >= 4 is 33.5 Å². The second kappa shape index (κ2) is 11.3. The number of nitrogens with zero attached hydrogens (tertiary/aromatic N) is 6. The molecule has 0 spiro atoms. The van der Waals surface area contributed by atoms with E-state index in [0.29, 0.717) is 65.0 Å². The monoisotopic (exact) mass is 565 g/mol. The predicted octanol–water partition coefficient (Wildman–Crippen LogP) is 5.05. The second-order valence-electron chi connectivity index (χ2n) is 10.0. The van der Waals surface area contributed by atoms with E-state index in [0.717, 1.165) is 22.0 Å². The molecule has 212 valence electrons. The van der Waals surface area contributed by atoms with Gasteiger partial charge >= 0.3 is 0 Å². The number of pyridine rings is 3. The van der Waals surface area contributed by atoms with Crippen molar-refractivity contribution in [3.8, 4) is 39.8 Å². The van der Waals surface area contributed by atoms with Crippen molar-refractivity contribution in [2.75, 3.05) is 32.6 Å². The Labute approximate surface area is 240 Å². The van der Waals surface area contributed by atoms with Crippen LogP contribution in [0.1, 0.15) is 13.3 Å². The first kappa shape index (κ1) is 27.0. The highest BCUT2D eigenvalue weighted by Gasteiger charge is 2.18. The van der Waals surface area contributed by atoms with Crippen LogP contribution >= 0.6 is 0 Å². The van der Waals surface area contributed by atoms with Crippen LogP contribution in [0, 0.1) is 5.82 Å². The standard InChI is InChI=1S/C30H28FN9O2/c1-4-26(41)35-20-10-18(14-32-15-20)24-13-22-25(16-34-24)38-39-28(22)30-36-23-5-6-33-27(29(23)37-30)17-9-19(31)12-21(11-17)42-8-7-40(2)3/h5-6,9-16H,4,7-8H2,1-3H3,(H,35,41)(H,36,37)(H,38,39). The lowest BCUT2D eigenvalue weighted by Crippen LogP contribution is -2.19. The summed E-state index contributed by atoms with van der Waals surface area (Å²) < 4.78 is 20.4. The van der Waals surface area contributed by atoms with E-state index in [-0.39, 0.29) is 5.91 Å². The van der Waals surface area contributed by atoms with E-state index in [4.69, 9.17) is 9.72 Å². The first-order valence-electron chi connectivity index (χ1n) is 13.4. The summed E-state index contributed by atoms with van der Waals surface area (Å²) in [5.74, 6) is 0.420. The largest absolute Gasteiger partial charge is 0.492 e. The third-order valence-corrected chi connectivity index (χ3v) is 6.66. The molecule has 0 bridgehead atoms. The average Bonchev–Trinajstić information content (AvgIpc) is 3.60. The van der Waals surface area contributed by atoms with Crippen molar-refractivity contribution in [1.29, 1.82) is 0 Å². The van der Waals surface area contributed by atoms with E-state index in [9.17, 15) is 9.18 Å². The number of carbonyl (C=O) groups excluding carboxylic acids is 1. The summed E-state index contributed by atoms with van der Waals surface area (Å²) in [6, 6.07) is 10.1. The highest BCUT2D eigenvalue weighted by molar-refractivity contribution is 5.97. The number of H-pyrrole nitrogens is 2. The van der Waals surface area contributed by atoms with Gasteiger partial charge < -0.3 is 19.9 Å². The van der Waals surface area contributed by atoms with Crippen molar-refractivity contribution < 1.29 is 13.9 Å². The second-order valence-corrected chi connectivity index (χ2v) is 10.0. The predicted molar refractivity (Wildman–Crippen MR) is 158 cm³/mol. The highest BCUT2D eigenvalue weighted by atomic mass is 19.1. The van der Waals surface area contributed by atoms with Gasteiger partial charge in [-0.2, -0.15) is 5.10 Å². The number of nitrogens with one attached hydrogen (secondary N) is 3. The molecule has 3 N–H and O–H groups in total. The van der Waals surface area contributed by atoms with Crippen LogP contribution in [0.2, 0.25) is 0 Å². The number of carbonyl (C=O) groups is 1. The molecule has 0 fully saturated rings. The van der Waals surface area contributed by atoms with Crippen LogP contribution < -0.4 is 10.1 Å². The van der Waals surface area contributed by atoms with Crippen LogP contribution in [0.25, 0.3) is 56.0 Å². The maximum atomic E-state index is 14.6. The first-order chi connectivity index (χ1) is 20.4. The zero-order chi connectivity index (χ0) is 29.2. The van der Waals surface area contributed by atoms with Gasteiger partial charge in [0, 0.05) is 47.9 Å². The molecule has 1 amide bonds. The van der Waals surface area contributed by atoms with Gasteiger partial charge in [0.2, 0.25) is 5.91 Å². The number of fused-ring (bicyclic) bond motifs is 2. The normalized spacial score (nSPS) is 11.5. The van der Waals surface area contributed by atoms with Crippen molar-refractivity contribution in [1.82, 2.24) is 40.0 Å². The minimum absolute atomic E-state index is 0.0976. The van der Waals surface area contributed by atoms with Crippen molar-refractivity contribution in [2.45, 2.75) is 13.3 Å². The molecule has 0 aliphatic carbocycles. The average molecular weight is 566 g/mol. The van der Waals surface area contributed by atoms with Crippen LogP contribution in [0.3, 0.4) is 0 Å². The van der Waals surface area contributed by atoms with E-state index in [1.807, 2.05) is 37.2 Å². The Morgan fingerprint density at radius 3 is 2.74 bits per heavy atom. The molecule has 0 unspecified atom stereocenters. The number of likely N-dealkylation sites (N-methyl/N-ethyl adjacent to an activating group) is 1.